The van der Waals surface area contributed by atoms with Crippen LogP contribution in [0.2, 0.25) is 0 Å². The Kier molecular flexibility index (Phi) is 2.50. The van der Waals surface area contributed by atoms with Crippen molar-refractivity contribution in [3.8, 4) is 0 Å². The van der Waals surface area contributed by atoms with Crippen molar-refractivity contribution < 1.29 is 18.0 Å². The molecule has 1 atom stereocenters. The maximum absolute atomic E-state index is 12.8. The minimum Gasteiger partial charge on any atom is -0.289 e. The molecule has 0 saturated carbocycles. The second-order valence-electron chi connectivity index (χ2n) is 6.10. The number of nitrogens with zero attached hydrogens (tertiary/aromatic N) is 2. The summed E-state index contributed by atoms with van der Waals surface area (Å²) < 4.78 is 25.9. The van der Waals surface area contributed by atoms with E-state index in [2.05, 4.69) is 5.10 Å². The fourth-order valence-electron chi connectivity index (χ4n) is 3.84. The highest BCUT2D eigenvalue weighted by Gasteiger charge is 2.47. The van der Waals surface area contributed by atoms with Crippen LogP contribution in [0.3, 0.4) is 0 Å². The van der Waals surface area contributed by atoms with Crippen molar-refractivity contribution in [1.29, 1.82) is 0 Å². The number of carbonyl (C=O) groups is 2. The van der Waals surface area contributed by atoms with Gasteiger partial charge in [-0.2, -0.15) is 5.10 Å². The molecule has 114 valence electrons. The first-order chi connectivity index (χ1) is 10.3. The molecule has 7 heteroatoms. The topological polar surface area (TPSA) is 86.1 Å². The van der Waals surface area contributed by atoms with Crippen molar-refractivity contribution in [2.45, 2.75) is 19.8 Å². The normalized spacial score (nSPS) is 26.2. The van der Waals surface area contributed by atoms with Crippen molar-refractivity contribution in [1.82, 2.24) is 9.78 Å². The third kappa shape index (κ3) is 1.54. The summed E-state index contributed by atoms with van der Waals surface area (Å²) >= 11 is 0. The van der Waals surface area contributed by atoms with Gasteiger partial charge in [0.25, 0.3) is 0 Å². The lowest BCUT2D eigenvalue weighted by molar-refractivity contribution is 0.0961. The van der Waals surface area contributed by atoms with Gasteiger partial charge in [-0.15, -0.1) is 0 Å². The first kappa shape index (κ1) is 13.6. The second kappa shape index (κ2) is 4.04. The summed E-state index contributed by atoms with van der Waals surface area (Å²) in [6.07, 6.45) is 2.16. The number of allylic oxidation sites excluding steroid dienone is 4. The SMILES string of the molecule is CC1=C2C(CCS2(=O)=O)C2=C(C1)C(=O)c1cn(C)nc1C2=O. The molecule has 0 amide bonds. The predicted octanol–water partition coefficient (Wildman–Crippen LogP) is 1.21. The molecule has 2 heterocycles. The van der Waals surface area contributed by atoms with Gasteiger partial charge in [-0.3, -0.25) is 14.3 Å². The Balaban J connectivity index is 1.94. The molecule has 22 heavy (non-hydrogen) atoms. The van der Waals surface area contributed by atoms with Crippen molar-refractivity contribution in [3.63, 3.8) is 0 Å². The number of hydrogen-bond donors (Lipinski definition) is 0. The second-order valence-corrected chi connectivity index (χ2v) is 8.17. The van der Waals surface area contributed by atoms with E-state index in [-0.39, 0.29) is 29.4 Å². The van der Waals surface area contributed by atoms with Crippen LogP contribution in [0, 0.1) is 5.92 Å². The average molecular weight is 318 g/mol. The Morgan fingerprint density at radius 3 is 2.73 bits per heavy atom. The number of Topliss-reactive ketones (excluding diaryl/α,β-unsaturated/α-hetero) is 2. The molecular weight excluding hydrogens is 304 g/mol. The van der Waals surface area contributed by atoms with Gasteiger partial charge < -0.3 is 0 Å². The van der Waals surface area contributed by atoms with Crippen LogP contribution in [-0.2, 0) is 16.9 Å². The monoisotopic (exact) mass is 318 g/mol. The molecule has 2 aliphatic carbocycles. The van der Waals surface area contributed by atoms with Gasteiger partial charge in [0, 0.05) is 30.3 Å². The molecular formula is C15H14N2O4S. The van der Waals surface area contributed by atoms with Gasteiger partial charge in [0.15, 0.2) is 15.6 Å². The average Bonchev–Trinajstić information content (AvgIpc) is 2.97. The molecule has 3 aliphatic rings. The van der Waals surface area contributed by atoms with Crippen LogP contribution in [0.1, 0.15) is 40.6 Å². The van der Waals surface area contributed by atoms with E-state index < -0.39 is 15.8 Å². The maximum Gasteiger partial charge on any atom is 0.211 e. The van der Waals surface area contributed by atoms with E-state index in [1.54, 1.807) is 20.2 Å². The summed E-state index contributed by atoms with van der Waals surface area (Å²) in [6.45, 7) is 1.74. The third-order valence-corrected chi connectivity index (χ3v) is 6.75. The molecule has 0 radical (unpaired) electrons. The molecule has 6 nitrogen and oxygen atoms in total. The first-order valence-corrected chi connectivity index (χ1v) is 8.75. The van der Waals surface area contributed by atoms with Crippen LogP contribution in [-0.4, -0.2) is 35.5 Å². The zero-order chi connectivity index (χ0) is 15.8. The lowest BCUT2D eigenvalue weighted by atomic mass is 9.74. The molecule has 0 spiro atoms. The van der Waals surface area contributed by atoms with Crippen molar-refractivity contribution in [2.75, 3.05) is 5.75 Å². The van der Waals surface area contributed by atoms with Crippen LogP contribution in [0.5, 0.6) is 0 Å². The smallest absolute Gasteiger partial charge is 0.211 e. The number of aromatic nitrogens is 2. The van der Waals surface area contributed by atoms with E-state index in [1.165, 1.54) is 4.68 Å². The summed E-state index contributed by atoms with van der Waals surface area (Å²) in [4.78, 5) is 25.8. The Labute approximate surface area is 127 Å². The molecule has 1 unspecified atom stereocenters. The minimum absolute atomic E-state index is 0.0394. The standard InChI is InChI=1S/C15H14N2O4S/c1-7-5-9-11(8-3-4-22(20,21)15(7)8)14(19)12-10(13(9)18)6-17(2)16-12/h6,8H,3-5H2,1-2H3. The zero-order valence-electron chi connectivity index (χ0n) is 12.2. The van der Waals surface area contributed by atoms with Gasteiger partial charge in [-0.25, -0.2) is 8.42 Å². The number of sulfone groups is 1. The van der Waals surface area contributed by atoms with E-state index in [0.29, 0.717) is 33.6 Å². The fourth-order valence-corrected chi connectivity index (χ4v) is 5.88. The number of fused-ring (bicyclic) bond motifs is 3. The van der Waals surface area contributed by atoms with Gasteiger partial charge in [-0.05, 0) is 19.8 Å². The van der Waals surface area contributed by atoms with E-state index in [9.17, 15) is 18.0 Å². The van der Waals surface area contributed by atoms with Gasteiger partial charge in [0.1, 0.15) is 5.69 Å². The van der Waals surface area contributed by atoms with Crippen molar-refractivity contribution in [3.05, 3.63) is 39.1 Å². The molecule has 1 fully saturated rings. The predicted molar refractivity (Wildman–Crippen MR) is 78.1 cm³/mol. The first-order valence-electron chi connectivity index (χ1n) is 7.09. The summed E-state index contributed by atoms with van der Waals surface area (Å²) in [5.74, 6) is -0.921. The van der Waals surface area contributed by atoms with Gasteiger partial charge in [0.2, 0.25) is 5.78 Å². The van der Waals surface area contributed by atoms with Crippen LogP contribution >= 0.6 is 0 Å². The van der Waals surface area contributed by atoms with Crippen LogP contribution in [0.25, 0.3) is 0 Å². The van der Waals surface area contributed by atoms with Gasteiger partial charge in [-0.1, -0.05) is 5.57 Å². The molecule has 1 aromatic heterocycles. The van der Waals surface area contributed by atoms with Crippen LogP contribution in [0.15, 0.2) is 27.8 Å². The molecule has 1 aromatic rings. The number of carbonyl (C=O) groups excluding carboxylic acids is 2. The number of ketones is 2. The molecule has 1 aliphatic heterocycles. The molecule has 0 aromatic carbocycles. The largest absolute Gasteiger partial charge is 0.289 e. The molecule has 1 saturated heterocycles. The Hall–Kier alpha value is -2.02. The Morgan fingerprint density at radius 1 is 1.27 bits per heavy atom. The van der Waals surface area contributed by atoms with Crippen LogP contribution in [0.4, 0.5) is 0 Å². The van der Waals surface area contributed by atoms with E-state index in [0.717, 1.165) is 0 Å². The van der Waals surface area contributed by atoms with E-state index in [4.69, 9.17) is 0 Å². The summed E-state index contributed by atoms with van der Waals surface area (Å²) in [6, 6.07) is 0. The van der Waals surface area contributed by atoms with E-state index in [1.807, 2.05) is 0 Å². The quantitative estimate of drug-likeness (QED) is 0.717. The molecule has 0 bridgehead atoms. The lowest BCUT2D eigenvalue weighted by Crippen LogP contribution is -2.29. The lowest BCUT2D eigenvalue weighted by Gasteiger charge is -2.28. The van der Waals surface area contributed by atoms with Crippen molar-refractivity contribution in [2.24, 2.45) is 13.0 Å². The Morgan fingerprint density at radius 2 is 2.00 bits per heavy atom. The summed E-state index contributed by atoms with van der Waals surface area (Å²) in [5, 5.41) is 4.09. The van der Waals surface area contributed by atoms with Crippen molar-refractivity contribution >= 4 is 21.4 Å². The zero-order valence-corrected chi connectivity index (χ0v) is 13.0. The highest BCUT2D eigenvalue weighted by atomic mass is 32.2. The summed E-state index contributed by atoms with van der Waals surface area (Å²) in [7, 11) is -1.64. The third-order valence-electron chi connectivity index (χ3n) is 4.67. The highest BCUT2D eigenvalue weighted by molar-refractivity contribution is 7.95. The number of hydrogen-bond acceptors (Lipinski definition) is 5. The highest BCUT2D eigenvalue weighted by Crippen LogP contribution is 2.47. The summed E-state index contributed by atoms with van der Waals surface area (Å²) in [5.41, 5.74) is 1.97. The van der Waals surface area contributed by atoms with Gasteiger partial charge in [0.05, 0.1) is 16.2 Å². The number of aryl methyl sites for hydroxylation is 1. The van der Waals surface area contributed by atoms with Crippen LogP contribution < -0.4 is 0 Å². The molecule has 0 N–H and O–H groups in total. The Bertz CT molecular complexity index is 931. The molecule has 4 rings (SSSR count). The van der Waals surface area contributed by atoms with Gasteiger partial charge >= 0.3 is 0 Å². The number of rotatable bonds is 0. The fraction of sp³-hybridized carbons (Fsp3) is 0.400. The van der Waals surface area contributed by atoms with E-state index >= 15 is 0 Å². The maximum atomic E-state index is 12.8. The minimum atomic E-state index is -3.30.